The molecule has 1 N–H and O–H groups in total. The lowest BCUT2D eigenvalue weighted by Crippen LogP contribution is -2.54. The standard InChI is InChI=1S/C18H19N3O3/c22-18(16-13-23-14-5-1-2-6-15(14)24-16)21-11-9-20(10-12-21)17-7-3-4-8-19-17/h1-8,16H,9-13H2/p+1/t16-/m0/s1. The van der Waals surface area contributed by atoms with Crippen LogP contribution >= 0.6 is 0 Å². The first-order valence-corrected chi connectivity index (χ1v) is 8.20. The van der Waals surface area contributed by atoms with Gasteiger partial charge >= 0.3 is 0 Å². The maximum Gasteiger partial charge on any atom is 0.274 e. The molecule has 0 saturated carbocycles. The van der Waals surface area contributed by atoms with Crippen LogP contribution in [0.4, 0.5) is 5.82 Å². The first kappa shape index (κ1) is 14.8. The number of piperazine rings is 1. The van der Waals surface area contributed by atoms with Crippen molar-refractivity contribution in [1.29, 1.82) is 0 Å². The molecule has 0 aliphatic carbocycles. The van der Waals surface area contributed by atoms with E-state index in [9.17, 15) is 4.79 Å². The van der Waals surface area contributed by atoms with Gasteiger partial charge in [0.2, 0.25) is 6.10 Å². The second-order valence-corrected chi connectivity index (χ2v) is 5.92. The number of benzene rings is 1. The fraction of sp³-hybridized carbons (Fsp3) is 0.333. The predicted octanol–water partition coefficient (Wildman–Crippen LogP) is 0.989. The van der Waals surface area contributed by atoms with E-state index in [1.807, 2.05) is 53.6 Å². The van der Waals surface area contributed by atoms with E-state index in [1.165, 1.54) is 0 Å². The summed E-state index contributed by atoms with van der Waals surface area (Å²) in [5, 5.41) is 0. The summed E-state index contributed by atoms with van der Waals surface area (Å²) >= 11 is 0. The van der Waals surface area contributed by atoms with Crippen molar-refractivity contribution in [1.82, 2.24) is 4.90 Å². The summed E-state index contributed by atoms with van der Waals surface area (Å²) in [7, 11) is 0. The Kier molecular flexibility index (Phi) is 3.94. The van der Waals surface area contributed by atoms with Crippen molar-refractivity contribution in [2.45, 2.75) is 6.10 Å². The van der Waals surface area contributed by atoms with Gasteiger partial charge in [0.25, 0.3) is 11.7 Å². The average molecular weight is 326 g/mol. The van der Waals surface area contributed by atoms with Crippen LogP contribution in [0.3, 0.4) is 0 Å². The van der Waals surface area contributed by atoms with Gasteiger partial charge in [0.1, 0.15) is 19.7 Å². The third kappa shape index (κ3) is 2.87. The number of carbonyl (C=O) groups is 1. The lowest BCUT2D eigenvalue weighted by atomic mass is 10.2. The zero-order chi connectivity index (χ0) is 16.4. The van der Waals surface area contributed by atoms with Crippen molar-refractivity contribution in [2.75, 3.05) is 37.7 Å². The zero-order valence-electron chi connectivity index (χ0n) is 13.4. The molecule has 24 heavy (non-hydrogen) atoms. The smallest absolute Gasteiger partial charge is 0.274 e. The van der Waals surface area contributed by atoms with Crippen LogP contribution in [-0.2, 0) is 4.79 Å². The highest BCUT2D eigenvalue weighted by Crippen LogP contribution is 2.31. The number of rotatable bonds is 2. The predicted molar refractivity (Wildman–Crippen MR) is 88.1 cm³/mol. The van der Waals surface area contributed by atoms with Gasteiger partial charge in [-0.2, -0.15) is 0 Å². The van der Waals surface area contributed by atoms with E-state index in [-0.39, 0.29) is 12.5 Å². The SMILES string of the molecule is O=C([C@@H]1COc2ccccc2O1)N1CCN(c2cccc[nH+]2)CC1. The second kappa shape index (κ2) is 6.39. The van der Waals surface area contributed by atoms with E-state index in [4.69, 9.17) is 9.47 Å². The normalized spacial score (nSPS) is 19.9. The Bertz CT molecular complexity index is 714. The van der Waals surface area contributed by atoms with E-state index >= 15 is 0 Å². The number of anilines is 1. The summed E-state index contributed by atoms with van der Waals surface area (Å²) in [6, 6.07) is 13.5. The first-order chi connectivity index (χ1) is 11.8. The molecule has 0 radical (unpaired) electrons. The Morgan fingerprint density at radius 2 is 1.75 bits per heavy atom. The van der Waals surface area contributed by atoms with Crippen LogP contribution in [0.25, 0.3) is 0 Å². The van der Waals surface area contributed by atoms with Gasteiger partial charge in [-0.15, -0.1) is 0 Å². The topological polar surface area (TPSA) is 56.2 Å². The number of hydrogen-bond donors (Lipinski definition) is 0. The quantitative estimate of drug-likeness (QED) is 0.826. The molecule has 1 aromatic carbocycles. The molecule has 2 aliphatic heterocycles. The third-order valence-electron chi connectivity index (χ3n) is 4.41. The number of hydrogen-bond acceptors (Lipinski definition) is 4. The minimum atomic E-state index is -0.560. The highest BCUT2D eigenvalue weighted by molar-refractivity contribution is 5.82. The van der Waals surface area contributed by atoms with Gasteiger partial charge in [-0.05, 0) is 18.2 Å². The van der Waals surface area contributed by atoms with Crippen LogP contribution in [0, 0.1) is 0 Å². The maximum absolute atomic E-state index is 12.7. The Labute approximate surface area is 140 Å². The second-order valence-electron chi connectivity index (χ2n) is 5.92. The maximum atomic E-state index is 12.7. The fourth-order valence-corrected chi connectivity index (χ4v) is 3.09. The molecule has 2 aliphatic rings. The third-order valence-corrected chi connectivity index (χ3v) is 4.41. The fourth-order valence-electron chi connectivity index (χ4n) is 3.09. The van der Waals surface area contributed by atoms with Gasteiger partial charge in [-0.3, -0.25) is 9.69 Å². The first-order valence-electron chi connectivity index (χ1n) is 8.20. The molecule has 1 aromatic heterocycles. The van der Waals surface area contributed by atoms with Gasteiger partial charge in [0.05, 0.1) is 19.3 Å². The number of carbonyl (C=O) groups excluding carboxylic acids is 1. The Hall–Kier alpha value is -2.76. The highest BCUT2D eigenvalue weighted by Gasteiger charge is 2.34. The summed E-state index contributed by atoms with van der Waals surface area (Å²) in [6.07, 6.45) is 1.35. The minimum absolute atomic E-state index is 0.00111. The molecule has 1 saturated heterocycles. The average Bonchev–Trinajstić information content (AvgIpc) is 2.68. The molecule has 3 heterocycles. The summed E-state index contributed by atoms with van der Waals surface area (Å²) < 4.78 is 11.5. The molecule has 6 heteroatoms. The largest absolute Gasteiger partial charge is 0.485 e. The van der Waals surface area contributed by atoms with Crippen molar-refractivity contribution in [3.8, 4) is 11.5 Å². The molecule has 1 fully saturated rings. The summed E-state index contributed by atoms with van der Waals surface area (Å²) in [6.45, 7) is 3.24. The zero-order valence-corrected chi connectivity index (χ0v) is 13.4. The number of aromatic amines is 1. The van der Waals surface area contributed by atoms with Gasteiger partial charge in [-0.25, -0.2) is 4.98 Å². The van der Waals surface area contributed by atoms with Crippen LogP contribution in [0.1, 0.15) is 0 Å². The van der Waals surface area contributed by atoms with E-state index in [2.05, 4.69) is 9.88 Å². The Morgan fingerprint density at radius 1 is 1.00 bits per heavy atom. The molecule has 1 atom stereocenters. The summed E-state index contributed by atoms with van der Waals surface area (Å²) in [5.41, 5.74) is 0. The molecule has 124 valence electrons. The van der Waals surface area contributed by atoms with Crippen LogP contribution < -0.4 is 19.4 Å². The molecule has 0 unspecified atom stereocenters. The number of amides is 1. The van der Waals surface area contributed by atoms with Crippen molar-refractivity contribution in [2.24, 2.45) is 0 Å². The molecule has 4 rings (SSSR count). The number of nitrogens with one attached hydrogen (secondary N) is 1. The summed E-state index contributed by atoms with van der Waals surface area (Å²) in [5.74, 6) is 2.42. The van der Waals surface area contributed by atoms with Crippen molar-refractivity contribution in [3.05, 3.63) is 48.7 Å². The number of ether oxygens (including phenoxy) is 2. The van der Waals surface area contributed by atoms with Crippen molar-refractivity contribution >= 4 is 11.7 Å². The van der Waals surface area contributed by atoms with Gasteiger partial charge in [0.15, 0.2) is 11.5 Å². The van der Waals surface area contributed by atoms with Gasteiger partial charge in [0, 0.05) is 6.07 Å². The number of para-hydroxylation sites is 2. The van der Waals surface area contributed by atoms with Gasteiger partial charge < -0.3 is 14.4 Å². The number of nitrogens with zero attached hydrogens (tertiary/aromatic N) is 2. The van der Waals surface area contributed by atoms with Crippen LogP contribution in [0.5, 0.6) is 11.5 Å². The number of fused-ring (bicyclic) bond motifs is 1. The van der Waals surface area contributed by atoms with E-state index in [1.54, 1.807) is 0 Å². The van der Waals surface area contributed by atoms with Crippen LogP contribution in [0.15, 0.2) is 48.7 Å². The summed E-state index contributed by atoms with van der Waals surface area (Å²) in [4.78, 5) is 20.0. The van der Waals surface area contributed by atoms with Crippen molar-refractivity contribution in [3.63, 3.8) is 0 Å². The minimum Gasteiger partial charge on any atom is -0.485 e. The molecule has 6 nitrogen and oxygen atoms in total. The monoisotopic (exact) mass is 326 g/mol. The van der Waals surface area contributed by atoms with Crippen LogP contribution in [0.2, 0.25) is 0 Å². The molecule has 2 aromatic rings. The van der Waals surface area contributed by atoms with Gasteiger partial charge in [-0.1, -0.05) is 18.2 Å². The molecular weight excluding hydrogens is 306 g/mol. The lowest BCUT2D eigenvalue weighted by molar-refractivity contribution is -0.364. The highest BCUT2D eigenvalue weighted by atomic mass is 16.6. The number of aromatic nitrogens is 1. The van der Waals surface area contributed by atoms with Crippen molar-refractivity contribution < 1.29 is 19.3 Å². The Morgan fingerprint density at radius 3 is 2.50 bits per heavy atom. The Balaban J connectivity index is 1.37. The number of H-pyrrole nitrogens is 1. The van der Waals surface area contributed by atoms with Crippen LogP contribution in [-0.4, -0.2) is 49.7 Å². The van der Waals surface area contributed by atoms with E-state index in [0.29, 0.717) is 24.6 Å². The molecular formula is C18H20N3O3+. The van der Waals surface area contributed by atoms with E-state index < -0.39 is 6.10 Å². The molecule has 0 spiro atoms. The number of pyridine rings is 1. The van der Waals surface area contributed by atoms with E-state index in [0.717, 1.165) is 18.9 Å². The molecule has 1 amide bonds. The molecule has 0 bridgehead atoms. The lowest BCUT2D eigenvalue weighted by Gasteiger charge is -2.34.